The van der Waals surface area contributed by atoms with Gasteiger partial charge in [0.05, 0.1) is 6.61 Å². The van der Waals surface area contributed by atoms with Gasteiger partial charge in [-0.2, -0.15) is 0 Å². The molecule has 3 heteroatoms. The number of rotatable bonds is 8. The van der Waals surface area contributed by atoms with E-state index in [0.29, 0.717) is 13.2 Å². The van der Waals surface area contributed by atoms with Crippen LogP contribution in [0.5, 0.6) is 0 Å². The summed E-state index contributed by atoms with van der Waals surface area (Å²) in [7, 11) is 0. The standard InChI is InChI=1S/C16H25NO2/c1-4-9-15(16(18)19-6-3)17-12-14-11-8-7-10-13(14)5-2/h7-8,10-11,15,17H,4-6,9,12H2,1-3H3. The van der Waals surface area contributed by atoms with Gasteiger partial charge in [-0.3, -0.25) is 4.79 Å². The van der Waals surface area contributed by atoms with E-state index in [9.17, 15) is 4.79 Å². The molecule has 1 rings (SSSR count). The maximum atomic E-state index is 11.8. The molecular weight excluding hydrogens is 238 g/mol. The highest BCUT2D eigenvalue weighted by molar-refractivity contribution is 5.75. The summed E-state index contributed by atoms with van der Waals surface area (Å²) in [4.78, 5) is 11.8. The van der Waals surface area contributed by atoms with Crippen LogP contribution in [0.1, 0.15) is 44.7 Å². The Bertz CT molecular complexity index is 390. The lowest BCUT2D eigenvalue weighted by Crippen LogP contribution is -2.37. The predicted octanol–water partition coefficient (Wildman–Crippen LogP) is 3.07. The van der Waals surface area contributed by atoms with Gasteiger partial charge in [0.1, 0.15) is 6.04 Å². The van der Waals surface area contributed by atoms with E-state index in [0.717, 1.165) is 19.3 Å². The first-order valence-electron chi connectivity index (χ1n) is 7.19. The Morgan fingerprint density at radius 3 is 2.47 bits per heavy atom. The van der Waals surface area contributed by atoms with Crippen LogP contribution in [-0.4, -0.2) is 18.6 Å². The number of hydrogen-bond acceptors (Lipinski definition) is 3. The van der Waals surface area contributed by atoms with Gasteiger partial charge in [-0.15, -0.1) is 0 Å². The van der Waals surface area contributed by atoms with Crippen molar-refractivity contribution in [2.45, 2.75) is 52.6 Å². The van der Waals surface area contributed by atoms with Crippen molar-refractivity contribution >= 4 is 5.97 Å². The van der Waals surface area contributed by atoms with E-state index in [2.05, 4.69) is 37.4 Å². The molecule has 0 spiro atoms. The summed E-state index contributed by atoms with van der Waals surface area (Å²) in [5.74, 6) is -0.140. The molecule has 0 amide bonds. The molecule has 19 heavy (non-hydrogen) atoms. The topological polar surface area (TPSA) is 38.3 Å². The van der Waals surface area contributed by atoms with Gasteiger partial charge in [0.15, 0.2) is 0 Å². The summed E-state index contributed by atoms with van der Waals surface area (Å²) in [6.45, 7) is 7.22. The molecule has 1 N–H and O–H groups in total. The second-order valence-corrected chi connectivity index (χ2v) is 4.60. The normalized spacial score (nSPS) is 12.2. The SMILES string of the molecule is CCCC(NCc1ccccc1CC)C(=O)OCC. The van der Waals surface area contributed by atoms with Gasteiger partial charge in [0.25, 0.3) is 0 Å². The molecular formula is C16H25NO2. The largest absolute Gasteiger partial charge is 0.465 e. The lowest BCUT2D eigenvalue weighted by Gasteiger charge is -2.17. The van der Waals surface area contributed by atoms with Crippen molar-refractivity contribution in [2.75, 3.05) is 6.61 Å². The lowest BCUT2D eigenvalue weighted by molar-refractivity contribution is -0.145. The van der Waals surface area contributed by atoms with Crippen LogP contribution in [0.3, 0.4) is 0 Å². The van der Waals surface area contributed by atoms with Crippen LogP contribution in [0.15, 0.2) is 24.3 Å². The van der Waals surface area contributed by atoms with Crippen molar-refractivity contribution in [3.8, 4) is 0 Å². The van der Waals surface area contributed by atoms with Gasteiger partial charge in [-0.05, 0) is 30.9 Å². The third kappa shape index (κ3) is 5.03. The van der Waals surface area contributed by atoms with Crippen LogP contribution in [-0.2, 0) is 22.5 Å². The average molecular weight is 263 g/mol. The fourth-order valence-corrected chi connectivity index (χ4v) is 2.14. The van der Waals surface area contributed by atoms with Crippen molar-refractivity contribution in [1.29, 1.82) is 0 Å². The van der Waals surface area contributed by atoms with Crippen molar-refractivity contribution in [3.05, 3.63) is 35.4 Å². The van der Waals surface area contributed by atoms with Gasteiger partial charge >= 0.3 is 5.97 Å². The summed E-state index contributed by atoms with van der Waals surface area (Å²) in [5.41, 5.74) is 2.59. The van der Waals surface area contributed by atoms with Crippen molar-refractivity contribution < 1.29 is 9.53 Å². The molecule has 0 radical (unpaired) electrons. The molecule has 1 atom stereocenters. The molecule has 0 aliphatic carbocycles. The number of nitrogens with one attached hydrogen (secondary N) is 1. The fraction of sp³-hybridized carbons (Fsp3) is 0.562. The Morgan fingerprint density at radius 2 is 1.89 bits per heavy atom. The number of benzene rings is 1. The van der Waals surface area contributed by atoms with E-state index in [4.69, 9.17) is 4.74 Å². The molecule has 0 saturated carbocycles. The fourth-order valence-electron chi connectivity index (χ4n) is 2.14. The highest BCUT2D eigenvalue weighted by Gasteiger charge is 2.18. The Morgan fingerprint density at radius 1 is 1.21 bits per heavy atom. The minimum absolute atomic E-state index is 0.140. The summed E-state index contributed by atoms with van der Waals surface area (Å²) >= 11 is 0. The quantitative estimate of drug-likeness (QED) is 0.733. The van der Waals surface area contributed by atoms with E-state index in [1.54, 1.807) is 0 Å². The number of hydrogen-bond donors (Lipinski definition) is 1. The van der Waals surface area contributed by atoms with Gasteiger partial charge in [-0.1, -0.05) is 44.5 Å². The van der Waals surface area contributed by atoms with E-state index in [-0.39, 0.29) is 12.0 Å². The Labute approximate surface area is 116 Å². The Balaban J connectivity index is 2.62. The maximum absolute atomic E-state index is 11.8. The highest BCUT2D eigenvalue weighted by Crippen LogP contribution is 2.10. The average Bonchev–Trinajstić information content (AvgIpc) is 2.44. The molecule has 1 aromatic rings. The van der Waals surface area contributed by atoms with Gasteiger partial charge < -0.3 is 10.1 Å². The summed E-state index contributed by atoms with van der Waals surface area (Å²) < 4.78 is 5.10. The zero-order valence-electron chi connectivity index (χ0n) is 12.2. The number of aryl methyl sites for hydroxylation is 1. The van der Waals surface area contributed by atoms with Crippen LogP contribution < -0.4 is 5.32 Å². The Kier molecular flexibility index (Phi) is 7.19. The molecule has 0 saturated heterocycles. The molecule has 1 unspecified atom stereocenters. The van der Waals surface area contributed by atoms with Crippen molar-refractivity contribution in [2.24, 2.45) is 0 Å². The summed E-state index contributed by atoms with van der Waals surface area (Å²) in [6.07, 6.45) is 2.79. The molecule has 106 valence electrons. The Hall–Kier alpha value is -1.35. The lowest BCUT2D eigenvalue weighted by atomic mass is 10.0. The van der Waals surface area contributed by atoms with Crippen LogP contribution in [0.4, 0.5) is 0 Å². The van der Waals surface area contributed by atoms with Crippen LogP contribution in [0.25, 0.3) is 0 Å². The molecule has 1 aromatic carbocycles. The van der Waals surface area contributed by atoms with E-state index in [1.807, 2.05) is 13.0 Å². The first-order chi connectivity index (χ1) is 9.22. The maximum Gasteiger partial charge on any atom is 0.323 e. The zero-order chi connectivity index (χ0) is 14.1. The third-order valence-corrected chi connectivity index (χ3v) is 3.19. The number of ether oxygens (including phenoxy) is 1. The number of carbonyl (C=O) groups is 1. The van der Waals surface area contributed by atoms with Crippen LogP contribution in [0.2, 0.25) is 0 Å². The molecule has 0 bridgehead atoms. The number of esters is 1. The first-order valence-corrected chi connectivity index (χ1v) is 7.19. The van der Waals surface area contributed by atoms with Crippen molar-refractivity contribution in [1.82, 2.24) is 5.32 Å². The first kappa shape index (κ1) is 15.7. The zero-order valence-corrected chi connectivity index (χ0v) is 12.2. The van der Waals surface area contributed by atoms with E-state index >= 15 is 0 Å². The van der Waals surface area contributed by atoms with Crippen molar-refractivity contribution in [3.63, 3.8) is 0 Å². The highest BCUT2D eigenvalue weighted by atomic mass is 16.5. The van der Waals surface area contributed by atoms with Gasteiger partial charge in [0, 0.05) is 6.54 Å². The smallest absolute Gasteiger partial charge is 0.323 e. The van der Waals surface area contributed by atoms with E-state index < -0.39 is 0 Å². The third-order valence-electron chi connectivity index (χ3n) is 3.19. The molecule has 0 heterocycles. The second-order valence-electron chi connectivity index (χ2n) is 4.60. The molecule has 0 aromatic heterocycles. The van der Waals surface area contributed by atoms with Crippen LogP contribution >= 0.6 is 0 Å². The minimum Gasteiger partial charge on any atom is -0.465 e. The predicted molar refractivity (Wildman–Crippen MR) is 78.0 cm³/mol. The molecule has 0 aliphatic rings. The van der Waals surface area contributed by atoms with Gasteiger partial charge in [0.2, 0.25) is 0 Å². The summed E-state index contributed by atoms with van der Waals surface area (Å²) in [6, 6.07) is 8.14. The number of carbonyl (C=O) groups excluding carboxylic acids is 1. The molecule has 0 fully saturated rings. The molecule has 0 aliphatic heterocycles. The summed E-state index contributed by atoms with van der Waals surface area (Å²) in [5, 5.41) is 3.32. The second kappa shape index (κ2) is 8.70. The minimum atomic E-state index is -0.199. The van der Waals surface area contributed by atoms with E-state index in [1.165, 1.54) is 11.1 Å². The monoisotopic (exact) mass is 263 g/mol. The van der Waals surface area contributed by atoms with Crippen LogP contribution in [0, 0.1) is 0 Å². The molecule has 3 nitrogen and oxygen atoms in total. The van der Waals surface area contributed by atoms with Gasteiger partial charge in [-0.25, -0.2) is 0 Å².